The standard InChI is InChI=1S/C30H38F2N2O2/c1-19(22-9-8-20(2)34(15-14-22)30(36)24-6-4-5-7-24)16-25-17-27(32)18-28(21(25)3)33-29(35)23-10-12-26(31)13-11-23/h10-13,17-20,22,24H,4-9,14-16H2,1-3H3,(H,33,35). The first-order valence-corrected chi connectivity index (χ1v) is 13.4. The normalized spacial score (nSPS) is 21.8. The van der Waals surface area contributed by atoms with Crippen molar-refractivity contribution in [1.29, 1.82) is 0 Å². The highest BCUT2D eigenvalue weighted by molar-refractivity contribution is 6.04. The van der Waals surface area contributed by atoms with Gasteiger partial charge >= 0.3 is 0 Å². The number of benzene rings is 2. The number of rotatable bonds is 6. The smallest absolute Gasteiger partial charge is 0.255 e. The van der Waals surface area contributed by atoms with E-state index in [1.807, 2.05) is 6.92 Å². The van der Waals surface area contributed by atoms with Gasteiger partial charge in [0.1, 0.15) is 11.6 Å². The van der Waals surface area contributed by atoms with Gasteiger partial charge in [-0.2, -0.15) is 0 Å². The van der Waals surface area contributed by atoms with E-state index in [1.165, 1.54) is 30.3 Å². The Labute approximate surface area is 213 Å². The van der Waals surface area contributed by atoms with Gasteiger partial charge in [0, 0.05) is 29.8 Å². The number of hydrogen-bond donors (Lipinski definition) is 1. The molecule has 194 valence electrons. The molecule has 2 aliphatic rings. The largest absolute Gasteiger partial charge is 0.340 e. The molecular weight excluding hydrogens is 458 g/mol. The number of nitrogens with one attached hydrogen (secondary N) is 1. The summed E-state index contributed by atoms with van der Waals surface area (Å²) in [6.45, 7) is 7.09. The highest BCUT2D eigenvalue weighted by Crippen LogP contribution is 2.34. The second kappa shape index (κ2) is 11.5. The van der Waals surface area contributed by atoms with Gasteiger partial charge in [-0.1, -0.05) is 19.8 Å². The van der Waals surface area contributed by atoms with E-state index in [9.17, 15) is 18.4 Å². The Bertz CT molecular complexity index is 1080. The fourth-order valence-electron chi connectivity index (χ4n) is 5.97. The van der Waals surface area contributed by atoms with Crippen molar-refractivity contribution in [3.63, 3.8) is 0 Å². The molecule has 4 rings (SSSR count). The third-order valence-corrected chi connectivity index (χ3v) is 8.40. The van der Waals surface area contributed by atoms with Gasteiger partial charge in [-0.3, -0.25) is 9.59 Å². The molecular formula is C30H38F2N2O2. The number of hydrogen-bond acceptors (Lipinski definition) is 2. The number of nitrogens with zero attached hydrogens (tertiary/aromatic N) is 1. The molecule has 3 unspecified atom stereocenters. The third kappa shape index (κ3) is 6.13. The van der Waals surface area contributed by atoms with Crippen LogP contribution in [0.1, 0.15) is 80.3 Å². The molecule has 0 aromatic heterocycles. The van der Waals surface area contributed by atoms with E-state index in [0.717, 1.165) is 62.6 Å². The van der Waals surface area contributed by atoms with Gasteiger partial charge in [-0.15, -0.1) is 0 Å². The van der Waals surface area contributed by atoms with Gasteiger partial charge in [0.2, 0.25) is 5.91 Å². The van der Waals surface area contributed by atoms with Gasteiger partial charge in [0.05, 0.1) is 0 Å². The zero-order valence-electron chi connectivity index (χ0n) is 21.7. The molecule has 1 heterocycles. The van der Waals surface area contributed by atoms with Crippen LogP contribution in [-0.4, -0.2) is 29.3 Å². The minimum absolute atomic E-state index is 0.208. The molecule has 4 nitrogen and oxygen atoms in total. The topological polar surface area (TPSA) is 49.4 Å². The van der Waals surface area contributed by atoms with E-state index in [4.69, 9.17) is 0 Å². The SMILES string of the molecule is Cc1c(CC(C)C2CCC(C)N(C(=O)C3CCCC3)CC2)cc(F)cc1NC(=O)c1ccc(F)cc1. The van der Waals surface area contributed by atoms with Gasteiger partial charge in [0.15, 0.2) is 0 Å². The second-order valence-electron chi connectivity index (χ2n) is 10.9. The summed E-state index contributed by atoms with van der Waals surface area (Å²) < 4.78 is 27.8. The van der Waals surface area contributed by atoms with E-state index < -0.39 is 11.7 Å². The number of carbonyl (C=O) groups is 2. The first-order chi connectivity index (χ1) is 17.2. The minimum atomic E-state index is -0.413. The summed E-state index contributed by atoms with van der Waals surface area (Å²) in [5.74, 6) is 0.126. The molecule has 3 atom stereocenters. The first kappa shape index (κ1) is 26.3. The maximum Gasteiger partial charge on any atom is 0.255 e. The van der Waals surface area contributed by atoms with Crippen molar-refractivity contribution in [2.75, 3.05) is 11.9 Å². The van der Waals surface area contributed by atoms with Crippen LogP contribution in [0.2, 0.25) is 0 Å². The van der Waals surface area contributed by atoms with E-state index >= 15 is 0 Å². The van der Waals surface area contributed by atoms with Crippen molar-refractivity contribution in [1.82, 2.24) is 4.90 Å². The van der Waals surface area contributed by atoms with Crippen molar-refractivity contribution in [3.05, 3.63) is 64.7 Å². The van der Waals surface area contributed by atoms with Crippen molar-refractivity contribution in [2.45, 2.75) is 78.2 Å². The lowest BCUT2D eigenvalue weighted by molar-refractivity contribution is -0.137. The quantitative estimate of drug-likeness (QED) is 0.472. The molecule has 1 saturated carbocycles. The summed E-state index contributed by atoms with van der Waals surface area (Å²) in [7, 11) is 0. The third-order valence-electron chi connectivity index (χ3n) is 8.40. The molecule has 2 aromatic rings. The van der Waals surface area contributed by atoms with Gasteiger partial charge < -0.3 is 10.2 Å². The molecule has 2 fully saturated rings. The maximum absolute atomic E-state index is 14.6. The van der Waals surface area contributed by atoms with Crippen LogP contribution in [0.5, 0.6) is 0 Å². The summed E-state index contributed by atoms with van der Waals surface area (Å²) in [6.07, 6.45) is 8.11. The number of carbonyl (C=O) groups excluding carboxylic acids is 2. The zero-order chi connectivity index (χ0) is 25.8. The van der Waals surface area contributed by atoms with Crippen molar-refractivity contribution in [2.24, 2.45) is 17.8 Å². The summed E-state index contributed by atoms with van der Waals surface area (Å²) in [6, 6.07) is 8.46. The summed E-state index contributed by atoms with van der Waals surface area (Å²) in [4.78, 5) is 27.8. The van der Waals surface area contributed by atoms with E-state index in [1.54, 1.807) is 6.07 Å². The molecule has 1 aliphatic carbocycles. The van der Waals surface area contributed by atoms with Crippen LogP contribution in [0.25, 0.3) is 0 Å². The average Bonchev–Trinajstić information content (AvgIpc) is 3.32. The first-order valence-electron chi connectivity index (χ1n) is 13.4. The molecule has 1 saturated heterocycles. The summed E-state index contributed by atoms with van der Waals surface area (Å²) >= 11 is 0. The van der Waals surface area contributed by atoms with Crippen LogP contribution >= 0.6 is 0 Å². The summed E-state index contributed by atoms with van der Waals surface area (Å²) in [5.41, 5.74) is 2.49. The highest BCUT2D eigenvalue weighted by atomic mass is 19.1. The van der Waals surface area contributed by atoms with Gasteiger partial charge in [-0.05, 0) is 112 Å². The second-order valence-corrected chi connectivity index (χ2v) is 10.9. The predicted molar refractivity (Wildman–Crippen MR) is 139 cm³/mol. The van der Waals surface area contributed by atoms with Gasteiger partial charge in [-0.25, -0.2) is 8.78 Å². The lowest BCUT2D eigenvalue weighted by Gasteiger charge is -2.30. The molecule has 0 bridgehead atoms. The van der Waals surface area contributed by atoms with Crippen LogP contribution in [0.4, 0.5) is 14.5 Å². The number of likely N-dealkylation sites (tertiary alicyclic amines) is 1. The zero-order valence-corrected chi connectivity index (χ0v) is 21.7. The lowest BCUT2D eigenvalue weighted by atomic mass is 9.82. The van der Waals surface area contributed by atoms with Crippen molar-refractivity contribution < 1.29 is 18.4 Å². The minimum Gasteiger partial charge on any atom is -0.340 e. The highest BCUT2D eigenvalue weighted by Gasteiger charge is 2.33. The van der Waals surface area contributed by atoms with Crippen LogP contribution < -0.4 is 5.32 Å². The molecule has 2 amide bonds. The fourth-order valence-corrected chi connectivity index (χ4v) is 5.97. The Balaban J connectivity index is 1.42. The summed E-state index contributed by atoms with van der Waals surface area (Å²) in [5, 5.41) is 2.80. The van der Waals surface area contributed by atoms with Crippen molar-refractivity contribution >= 4 is 17.5 Å². The molecule has 6 heteroatoms. The predicted octanol–water partition coefficient (Wildman–Crippen LogP) is 6.91. The molecule has 0 spiro atoms. The molecule has 1 aliphatic heterocycles. The van der Waals surface area contributed by atoms with Crippen LogP contribution in [0.15, 0.2) is 36.4 Å². The van der Waals surface area contributed by atoms with Crippen LogP contribution in [0.3, 0.4) is 0 Å². The average molecular weight is 497 g/mol. The number of halogens is 2. The van der Waals surface area contributed by atoms with Gasteiger partial charge in [0.25, 0.3) is 5.91 Å². The fraction of sp³-hybridized carbons (Fsp3) is 0.533. The lowest BCUT2D eigenvalue weighted by Crippen LogP contribution is -2.41. The Hall–Kier alpha value is -2.76. The molecule has 0 radical (unpaired) electrons. The number of amides is 2. The maximum atomic E-state index is 14.6. The Morgan fingerprint density at radius 1 is 1.00 bits per heavy atom. The monoisotopic (exact) mass is 496 g/mol. The molecule has 2 aromatic carbocycles. The van der Waals surface area contributed by atoms with E-state index in [0.29, 0.717) is 35.4 Å². The number of anilines is 1. The molecule has 1 N–H and O–H groups in total. The van der Waals surface area contributed by atoms with Crippen LogP contribution in [-0.2, 0) is 11.2 Å². The Morgan fingerprint density at radius 3 is 2.39 bits per heavy atom. The van der Waals surface area contributed by atoms with Crippen LogP contribution in [0, 0.1) is 36.3 Å². The van der Waals surface area contributed by atoms with Crippen molar-refractivity contribution in [3.8, 4) is 0 Å². The Morgan fingerprint density at radius 2 is 1.69 bits per heavy atom. The Kier molecular flexibility index (Phi) is 8.43. The van der Waals surface area contributed by atoms with E-state index in [2.05, 4.69) is 24.1 Å². The molecule has 36 heavy (non-hydrogen) atoms. The van der Waals surface area contributed by atoms with E-state index in [-0.39, 0.29) is 17.8 Å².